The number of ether oxygens (including phenoxy) is 1. The van der Waals surface area contributed by atoms with Crippen molar-refractivity contribution in [2.24, 2.45) is 0 Å². The van der Waals surface area contributed by atoms with Gasteiger partial charge in [-0.3, -0.25) is 4.90 Å². The summed E-state index contributed by atoms with van der Waals surface area (Å²) in [6, 6.07) is 14.1. The number of aliphatic hydroxyl groups is 1. The molecule has 1 saturated heterocycles. The number of hydrogen-bond donors (Lipinski definition) is 4. The maximum Gasteiger partial charge on any atom is 0.119 e. The van der Waals surface area contributed by atoms with Gasteiger partial charge in [0.25, 0.3) is 0 Å². The summed E-state index contributed by atoms with van der Waals surface area (Å²) in [5.41, 5.74) is 9.43. The van der Waals surface area contributed by atoms with E-state index in [2.05, 4.69) is 16.3 Å². The molecule has 0 amide bonds. The molecule has 26 heavy (non-hydrogen) atoms. The highest BCUT2D eigenvalue weighted by Crippen LogP contribution is 2.22. The van der Waals surface area contributed by atoms with Crippen molar-refractivity contribution < 1.29 is 9.84 Å². The van der Waals surface area contributed by atoms with Crippen molar-refractivity contribution in [3.05, 3.63) is 53.6 Å². The van der Waals surface area contributed by atoms with E-state index in [4.69, 9.17) is 21.0 Å². The lowest BCUT2D eigenvalue weighted by Gasteiger charge is -2.18. The van der Waals surface area contributed by atoms with E-state index >= 15 is 0 Å². The van der Waals surface area contributed by atoms with Gasteiger partial charge in [0.1, 0.15) is 12.4 Å². The molecule has 0 radical (unpaired) electrons. The summed E-state index contributed by atoms with van der Waals surface area (Å²) in [6.45, 7) is 3.22. The van der Waals surface area contributed by atoms with Gasteiger partial charge >= 0.3 is 0 Å². The van der Waals surface area contributed by atoms with E-state index in [9.17, 15) is 0 Å². The average Bonchev–Trinajstić information content (AvgIpc) is 3.08. The first-order chi connectivity index (χ1) is 12.7. The molecule has 1 aliphatic heterocycles. The fourth-order valence-electron chi connectivity index (χ4n) is 3.27. The maximum absolute atomic E-state index is 8.87. The van der Waals surface area contributed by atoms with Crippen LogP contribution in [0.25, 0.3) is 0 Å². The molecule has 1 heterocycles. The van der Waals surface area contributed by atoms with Crippen molar-refractivity contribution in [3.8, 4) is 5.75 Å². The van der Waals surface area contributed by atoms with E-state index in [1.54, 1.807) is 0 Å². The molecule has 2 aromatic rings. The van der Waals surface area contributed by atoms with E-state index in [1.807, 2.05) is 36.4 Å². The monoisotopic (exact) mass is 354 g/mol. The van der Waals surface area contributed by atoms with Crippen LogP contribution in [0.3, 0.4) is 0 Å². The van der Waals surface area contributed by atoms with E-state index in [0.29, 0.717) is 18.3 Å². The predicted octanol–water partition coefficient (Wildman–Crippen LogP) is 2.32. The molecule has 138 valence electrons. The summed E-state index contributed by atoms with van der Waals surface area (Å²) in [7, 11) is 0. The smallest absolute Gasteiger partial charge is 0.119 e. The Bertz CT molecular complexity index is 750. The molecule has 0 aliphatic carbocycles. The summed E-state index contributed by atoms with van der Waals surface area (Å²) in [5.74, 6) is 0.798. The third kappa shape index (κ3) is 4.74. The Hall–Kier alpha value is -2.57. The number of nitrogens with one attached hydrogen (secondary N) is 2. The number of anilines is 2. The van der Waals surface area contributed by atoms with Crippen molar-refractivity contribution >= 4 is 17.6 Å². The molecular formula is C20H26N4O2. The largest absolute Gasteiger partial charge is 0.491 e. The highest BCUT2D eigenvalue weighted by Gasteiger charge is 2.22. The second-order valence-electron chi connectivity index (χ2n) is 6.57. The molecule has 1 atom stereocenters. The van der Waals surface area contributed by atoms with Gasteiger partial charge in [-0.25, -0.2) is 0 Å². The number of hydrogen-bond acceptors (Lipinski definition) is 6. The standard InChI is InChI=1S/C20H26N4O2/c21-12-16-11-17(4-5-20(16)22)23-18-6-7-24(14-18)13-15-2-1-3-19(10-15)26-9-8-25/h1-5,10-12,18,21,23,25H,6-9,13-14,22H2. The van der Waals surface area contributed by atoms with Gasteiger partial charge in [-0.15, -0.1) is 0 Å². The molecule has 1 fully saturated rings. The summed E-state index contributed by atoms with van der Waals surface area (Å²) in [5, 5.41) is 19.8. The Morgan fingerprint density at radius 2 is 2.19 bits per heavy atom. The Morgan fingerprint density at radius 3 is 3.00 bits per heavy atom. The van der Waals surface area contributed by atoms with Gasteiger partial charge in [-0.05, 0) is 42.3 Å². The molecular weight excluding hydrogens is 328 g/mol. The van der Waals surface area contributed by atoms with Crippen LogP contribution in [0, 0.1) is 5.41 Å². The number of nitrogen functional groups attached to an aromatic ring is 1. The van der Waals surface area contributed by atoms with Crippen LogP contribution < -0.4 is 15.8 Å². The lowest BCUT2D eigenvalue weighted by molar-refractivity contribution is 0.201. The van der Waals surface area contributed by atoms with Crippen molar-refractivity contribution in [3.63, 3.8) is 0 Å². The Balaban J connectivity index is 1.55. The zero-order valence-electron chi connectivity index (χ0n) is 14.8. The molecule has 6 nitrogen and oxygen atoms in total. The first-order valence-electron chi connectivity index (χ1n) is 8.89. The molecule has 0 saturated carbocycles. The number of aliphatic hydroxyl groups excluding tert-OH is 1. The average molecular weight is 354 g/mol. The number of benzene rings is 2. The van der Waals surface area contributed by atoms with Crippen LogP contribution >= 0.6 is 0 Å². The third-order valence-corrected chi connectivity index (χ3v) is 4.55. The first kappa shape index (κ1) is 18.2. The van der Waals surface area contributed by atoms with Gasteiger partial charge in [0.2, 0.25) is 0 Å². The predicted molar refractivity (Wildman–Crippen MR) is 105 cm³/mol. The lowest BCUT2D eigenvalue weighted by atomic mass is 10.1. The molecule has 6 heteroatoms. The van der Waals surface area contributed by atoms with Crippen molar-refractivity contribution in [2.75, 3.05) is 37.4 Å². The zero-order valence-corrected chi connectivity index (χ0v) is 14.8. The molecule has 0 spiro atoms. The van der Waals surface area contributed by atoms with E-state index in [0.717, 1.165) is 43.1 Å². The minimum atomic E-state index is 0.0224. The third-order valence-electron chi connectivity index (χ3n) is 4.55. The van der Waals surface area contributed by atoms with Crippen molar-refractivity contribution in [2.45, 2.75) is 19.0 Å². The second kappa shape index (κ2) is 8.69. The summed E-state index contributed by atoms with van der Waals surface area (Å²) < 4.78 is 5.48. The van der Waals surface area contributed by atoms with E-state index < -0.39 is 0 Å². The summed E-state index contributed by atoms with van der Waals surface area (Å²) >= 11 is 0. The van der Waals surface area contributed by atoms with E-state index in [1.165, 1.54) is 11.8 Å². The zero-order chi connectivity index (χ0) is 18.4. The van der Waals surface area contributed by atoms with Crippen LogP contribution in [-0.2, 0) is 6.54 Å². The van der Waals surface area contributed by atoms with Gasteiger partial charge in [-0.2, -0.15) is 0 Å². The topological polar surface area (TPSA) is 94.6 Å². The van der Waals surface area contributed by atoms with Crippen LogP contribution in [0.15, 0.2) is 42.5 Å². The quantitative estimate of drug-likeness (QED) is 0.431. The van der Waals surface area contributed by atoms with Gasteiger partial charge < -0.3 is 26.3 Å². The Kier molecular flexibility index (Phi) is 6.09. The highest BCUT2D eigenvalue weighted by molar-refractivity contribution is 5.86. The fraction of sp³-hybridized carbons (Fsp3) is 0.350. The highest BCUT2D eigenvalue weighted by atomic mass is 16.5. The normalized spacial score (nSPS) is 17.2. The Labute approximate surface area is 154 Å². The molecule has 0 bridgehead atoms. The van der Waals surface area contributed by atoms with Gasteiger partial charge in [0.15, 0.2) is 0 Å². The summed E-state index contributed by atoms with van der Waals surface area (Å²) in [4.78, 5) is 2.41. The van der Waals surface area contributed by atoms with Gasteiger partial charge in [0, 0.05) is 48.8 Å². The SMILES string of the molecule is N=Cc1cc(NC2CCN(Cc3cccc(OCCO)c3)C2)ccc1N. The minimum absolute atomic E-state index is 0.0224. The number of rotatable bonds is 8. The van der Waals surface area contributed by atoms with Crippen LogP contribution in [0.1, 0.15) is 17.5 Å². The van der Waals surface area contributed by atoms with Gasteiger partial charge in [-0.1, -0.05) is 12.1 Å². The summed E-state index contributed by atoms with van der Waals surface area (Å²) in [6.07, 6.45) is 2.36. The number of nitrogens with zero attached hydrogens (tertiary/aromatic N) is 1. The Morgan fingerprint density at radius 1 is 1.31 bits per heavy atom. The molecule has 1 aliphatic rings. The second-order valence-corrected chi connectivity index (χ2v) is 6.57. The van der Waals surface area contributed by atoms with Gasteiger partial charge in [0.05, 0.1) is 6.61 Å². The molecule has 3 rings (SSSR count). The van der Waals surface area contributed by atoms with Crippen LogP contribution in [-0.4, -0.2) is 48.6 Å². The minimum Gasteiger partial charge on any atom is -0.491 e. The van der Waals surface area contributed by atoms with Crippen LogP contribution in [0.5, 0.6) is 5.75 Å². The fourth-order valence-corrected chi connectivity index (χ4v) is 3.27. The molecule has 1 unspecified atom stereocenters. The first-order valence-corrected chi connectivity index (χ1v) is 8.89. The number of nitrogens with two attached hydrogens (primary N) is 1. The van der Waals surface area contributed by atoms with Crippen LogP contribution in [0.4, 0.5) is 11.4 Å². The molecule has 0 aromatic heterocycles. The molecule has 5 N–H and O–H groups in total. The van der Waals surface area contributed by atoms with Crippen molar-refractivity contribution in [1.29, 1.82) is 5.41 Å². The maximum atomic E-state index is 8.87. The number of likely N-dealkylation sites (tertiary alicyclic amines) is 1. The van der Waals surface area contributed by atoms with E-state index in [-0.39, 0.29) is 6.61 Å². The lowest BCUT2D eigenvalue weighted by Crippen LogP contribution is -2.26. The van der Waals surface area contributed by atoms with Crippen molar-refractivity contribution in [1.82, 2.24) is 4.90 Å². The van der Waals surface area contributed by atoms with Crippen LogP contribution in [0.2, 0.25) is 0 Å². The molecule has 2 aromatic carbocycles.